The zero-order chi connectivity index (χ0) is 13.2. The van der Waals surface area contributed by atoms with Gasteiger partial charge in [-0.15, -0.1) is 13.2 Å². The molecule has 1 N–H and O–H groups in total. The van der Waals surface area contributed by atoms with E-state index in [0.717, 1.165) is 19.5 Å². The first-order valence-electron chi connectivity index (χ1n) is 6.03. The van der Waals surface area contributed by atoms with Crippen molar-refractivity contribution in [1.82, 2.24) is 5.32 Å². The Morgan fingerprint density at radius 3 is 2.67 bits per heavy atom. The van der Waals surface area contributed by atoms with Crippen LogP contribution < -0.4 is 10.1 Å². The summed E-state index contributed by atoms with van der Waals surface area (Å²) in [5.74, 6) is 0.352. The average molecular weight is 259 g/mol. The van der Waals surface area contributed by atoms with Gasteiger partial charge >= 0.3 is 6.36 Å². The van der Waals surface area contributed by atoms with Gasteiger partial charge in [-0.05, 0) is 43.0 Å². The lowest BCUT2D eigenvalue weighted by atomic mass is 9.82. The van der Waals surface area contributed by atoms with E-state index in [0.29, 0.717) is 11.5 Å². The van der Waals surface area contributed by atoms with Gasteiger partial charge in [0, 0.05) is 0 Å². The molecule has 1 aliphatic heterocycles. The third kappa shape index (κ3) is 3.16. The maximum atomic E-state index is 12.4. The summed E-state index contributed by atoms with van der Waals surface area (Å²) in [4.78, 5) is 0. The van der Waals surface area contributed by atoms with Gasteiger partial charge in [0.15, 0.2) is 0 Å². The summed E-state index contributed by atoms with van der Waals surface area (Å²) in [5.41, 5.74) is 0.656. The van der Waals surface area contributed by atoms with Gasteiger partial charge in [-0.3, -0.25) is 0 Å². The van der Waals surface area contributed by atoms with Crippen molar-refractivity contribution in [2.75, 3.05) is 13.1 Å². The molecule has 1 heterocycles. The van der Waals surface area contributed by atoms with Crippen LogP contribution in [0.2, 0.25) is 0 Å². The van der Waals surface area contributed by atoms with Crippen molar-refractivity contribution in [2.24, 2.45) is 5.92 Å². The molecular formula is C13H16F3NO. The van der Waals surface area contributed by atoms with Crippen molar-refractivity contribution in [3.63, 3.8) is 0 Å². The number of benzene rings is 1. The van der Waals surface area contributed by atoms with Gasteiger partial charge in [0.1, 0.15) is 5.75 Å². The quantitative estimate of drug-likeness (QED) is 0.880. The largest absolute Gasteiger partial charge is 0.573 e. The first-order chi connectivity index (χ1) is 8.47. The first-order valence-corrected chi connectivity index (χ1v) is 6.03. The minimum atomic E-state index is -4.63. The number of nitrogens with one attached hydrogen (secondary N) is 1. The minimum absolute atomic E-state index is 0.0660. The predicted molar refractivity (Wildman–Crippen MR) is 62.5 cm³/mol. The van der Waals surface area contributed by atoms with Gasteiger partial charge in [-0.25, -0.2) is 0 Å². The van der Waals surface area contributed by atoms with E-state index >= 15 is 0 Å². The summed E-state index contributed by atoms with van der Waals surface area (Å²) in [5, 5.41) is 3.24. The van der Waals surface area contributed by atoms with Crippen LogP contribution in [0, 0.1) is 5.92 Å². The average Bonchev–Trinajstić information content (AvgIpc) is 2.29. The van der Waals surface area contributed by atoms with E-state index in [2.05, 4.69) is 10.1 Å². The molecule has 1 aliphatic rings. The van der Waals surface area contributed by atoms with Crippen LogP contribution in [0.25, 0.3) is 0 Å². The summed E-state index contributed by atoms with van der Waals surface area (Å²) < 4.78 is 41.2. The summed E-state index contributed by atoms with van der Waals surface area (Å²) in [6, 6.07) is 6.44. The predicted octanol–water partition coefficient (Wildman–Crippen LogP) is 3.30. The van der Waals surface area contributed by atoms with E-state index in [-0.39, 0.29) is 11.7 Å². The van der Waals surface area contributed by atoms with E-state index in [9.17, 15) is 13.2 Å². The molecule has 0 saturated carbocycles. The summed E-state index contributed by atoms with van der Waals surface area (Å²) in [6.07, 6.45) is -3.80. The Labute approximate surface area is 104 Å². The number of hydrogen-bond donors (Lipinski definition) is 1. The number of alkyl halides is 3. The highest BCUT2D eigenvalue weighted by atomic mass is 19.4. The van der Waals surface area contributed by atoms with Gasteiger partial charge in [0.2, 0.25) is 0 Å². The minimum Gasteiger partial charge on any atom is -0.405 e. The van der Waals surface area contributed by atoms with Crippen LogP contribution in [0.15, 0.2) is 24.3 Å². The second-order valence-corrected chi connectivity index (χ2v) is 4.66. The highest BCUT2D eigenvalue weighted by Crippen LogP contribution is 2.37. The van der Waals surface area contributed by atoms with Gasteiger partial charge in [0.25, 0.3) is 0 Å². The zero-order valence-electron chi connectivity index (χ0n) is 10.1. The molecule has 1 fully saturated rings. The standard InChI is InChI=1S/C13H16F3NO/c1-9-8-17-7-6-10(9)11-4-2-3-5-12(11)18-13(14,15)16/h2-5,9-10,17H,6-8H2,1H3. The Kier molecular flexibility index (Phi) is 3.80. The zero-order valence-corrected chi connectivity index (χ0v) is 10.1. The Balaban J connectivity index is 2.26. The molecule has 1 saturated heterocycles. The lowest BCUT2D eigenvalue weighted by molar-refractivity contribution is -0.275. The smallest absolute Gasteiger partial charge is 0.405 e. The molecule has 18 heavy (non-hydrogen) atoms. The van der Waals surface area contributed by atoms with Crippen LogP contribution in [-0.4, -0.2) is 19.5 Å². The Morgan fingerprint density at radius 1 is 1.28 bits per heavy atom. The number of ether oxygens (including phenoxy) is 1. The third-order valence-electron chi connectivity index (χ3n) is 3.33. The summed E-state index contributed by atoms with van der Waals surface area (Å²) in [6.45, 7) is 3.70. The van der Waals surface area contributed by atoms with Gasteiger partial charge in [-0.1, -0.05) is 25.1 Å². The fourth-order valence-electron chi connectivity index (χ4n) is 2.48. The van der Waals surface area contributed by atoms with Gasteiger partial charge < -0.3 is 10.1 Å². The third-order valence-corrected chi connectivity index (χ3v) is 3.33. The highest BCUT2D eigenvalue weighted by Gasteiger charge is 2.34. The van der Waals surface area contributed by atoms with Crippen molar-refractivity contribution in [3.05, 3.63) is 29.8 Å². The molecule has 1 aromatic carbocycles. The van der Waals surface area contributed by atoms with Crippen molar-refractivity contribution >= 4 is 0 Å². The van der Waals surface area contributed by atoms with E-state index in [1.807, 2.05) is 6.92 Å². The lowest BCUT2D eigenvalue weighted by Gasteiger charge is -2.31. The maximum absolute atomic E-state index is 12.4. The van der Waals surface area contributed by atoms with Crippen molar-refractivity contribution < 1.29 is 17.9 Å². The lowest BCUT2D eigenvalue weighted by Crippen LogP contribution is -2.34. The van der Waals surface area contributed by atoms with Crippen LogP contribution in [0.5, 0.6) is 5.75 Å². The maximum Gasteiger partial charge on any atom is 0.573 e. The second kappa shape index (κ2) is 5.18. The Bertz CT molecular complexity index is 405. The Hall–Kier alpha value is -1.23. The van der Waals surface area contributed by atoms with E-state index in [1.54, 1.807) is 18.2 Å². The Morgan fingerprint density at radius 2 is 2.00 bits per heavy atom. The fourth-order valence-corrected chi connectivity index (χ4v) is 2.48. The van der Waals surface area contributed by atoms with Crippen LogP contribution in [0.4, 0.5) is 13.2 Å². The summed E-state index contributed by atoms with van der Waals surface area (Å²) in [7, 11) is 0. The SMILES string of the molecule is CC1CNCCC1c1ccccc1OC(F)(F)F. The van der Waals surface area contributed by atoms with E-state index in [1.165, 1.54) is 6.07 Å². The molecule has 0 amide bonds. The van der Waals surface area contributed by atoms with Crippen molar-refractivity contribution in [2.45, 2.75) is 25.6 Å². The number of halogens is 3. The molecule has 2 atom stereocenters. The fraction of sp³-hybridized carbons (Fsp3) is 0.538. The molecule has 2 rings (SSSR count). The molecule has 0 aromatic heterocycles. The molecule has 2 unspecified atom stereocenters. The number of piperidine rings is 1. The van der Waals surface area contributed by atoms with Gasteiger partial charge in [-0.2, -0.15) is 0 Å². The highest BCUT2D eigenvalue weighted by molar-refractivity contribution is 5.37. The molecule has 5 heteroatoms. The monoisotopic (exact) mass is 259 g/mol. The first kappa shape index (κ1) is 13.2. The number of rotatable bonds is 2. The van der Waals surface area contributed by atoms with Crippen LogP contribution >= 0.6 is 0 Å². The van der Waals surface area contributed by atoms with E-state index < -0.39 is 6.36 Å². The van der Waals surface area contributed by atoms with Crippen LogP contribution in [0.3, 0.4) is 0 Å². The van der Waals surface area contributed by atoms with Crippen LogP contribution in [0.1, 0.15) is 24.8 Å². The number of para-hydroxylation sites is 1. The van der Waals surface area contributed by atoms with Crippen LogP contribution in [-0.2, 0) is 0 Å². The number of hydrogen-bond acceptors (Lipinski definition) is 2. The van der Waals surface area contributed by atoms with Crippen molar-refractivity contribution in [3.8, 4) is 5.75 Å². The van der Waals surface area contributed by atoms with Crippen molar-refractivity contribution in [1.29, 1.82) is 0 Å². The molecule has 0 bridgehead atoms. The molecule has 0 aliphatic carbocycles. The molecule has 0 spiro atoms. The summed E-state index contributed by atoms with van der Waals surface area (Å²) >= 11 is 0. The molecule has 1 aromatic rings. The molecule has 100 valence electrons. The van der Waals surface area contributed by atoms with Gasteiger partial charge in [0.05, 0.1) is 0 Å². The molecule has 0 radical (unpaired) electrons. The topological polar surface area (TPSA) is 21.3 Å². The molecular weight excluding hydrogens is 243 g/mol. The normalized spacial score (nSPS) is 24.9. The molecule has 2 nitrogen and oxygen atoms in total. The van der Waals surface area contributed by atoms with E-state index in [4.69, 9.17) is 0 Å². The second-order valence-electron chi connectivity index (χ2n) is 4.66.